The van der Waals surface area contributed by atoms with Crippen molar-refractivity contribution in [1.82, 2.24) is 0 Å². The second-order valence-corrected chi connectivity index (χ2v) is 5.74. The topological polar surface area (TPSA) is 61.9 Å². The Morgan fingerprint density at radius 1 is 1.15 bits per heavy atom. The third-order valence-corrected chi connectivity index (χ3v) is 4.17. The first kappa shape index (κ1) is 19.1. The van der Waals surface area contributed by atoms with Crippen molar-refractivity contribution in [3.63, 3.8) is 0 Å². The lowest BCUT2D eigenvalue weighted by molar-refractivity contribution is 1.05. The van der Waals surface area contributed by atoms with Crippen LogP contribution < -0.4 is 11.1 Å². The summed E-state index contributed by atoms with van der Waals surface area (Å²) in [4.78, 5) is 0. The summed E-state index contributed by atoms with van der Waals surface area (Å²) in [6.45, 7) is 2.13. The summed E-state index contributed by atoms with van der Waals surface area (Å²) >= 11 is 0. The van der Waals surface area contributed by atoms with Crippen LogP contribution in [-0.2, 0) is 0 Å². The molecule has 3 nitrogen and oxygen atoms in total. The fourth-order valence-corrected chi connectivity index (χ4v) is 2.87. The van der Waals surface area contributed by atoms with Gasteiger partial charge in [-0.1, -0.05) is 60.7 Å². The van der Waals surface area contributed by atoms with Crippen molar-refractivity contribution < 1.29 is 0 Å². The predicted octanol–water partition coefficient (Wildman–Crippen LogP) is 4.80. The Balaban J connectivity index is 2.48. The molecule has 0 amide bonds. The van der Waals surface area contributed by atoms with Gasteiger partial charge in [0.1, 0.15) is 0 Å². The number of benzene rings is 2. The molecule has 2 rings (SSSR count). The SMILES string of the molecule is CC/C(CC#Cc1ccccc1)=C(/C=C/N)c1cccc(C=N)c1NC. The summed E-state index contributed by atoms with van der Waals surface area (Å²) in [7, 11) is 1.87. The van der Waals surface area contributed by atoms with Crippen molar-refractivity contribution in [2.75, 3.05) is 12.4 Å². The van der Waals surface area contributed by atoms with Crippen molar-refractivity contribution in [3.05, 3.63) is 83.1 Å². The fourth-order valence-electron chi connectivity index (χ4n) is 2.87. The lowest BCUT2D eigenvalue weighted by Crippen LogP contribution is -2.01. The van der Waals surface area contributed by atoms with Gasteiger partial charge in [0, 0.05) is 36.4 Å². The molecule has 0 heterocycles. The van der Waals surface area contributed by atoms with Crippen LogP contribution in [0.4, 0.5) is 5.69 Å². The smallest absolute Gasteiger partial charge is 0.0506 e. The summed E-state index contributed by atoms with van der Waals surface area (Å²) in [6, 6.07) is 15.9. The summed E-state index contributed by atoms with van der Waals surface area (Å²) in [6.07, 6.45) is 6.39. The molecule has 0 unspecified atom stereocenters. The number of anilines is 1. The number of rotatable bonds is 6. The summed E-state index contributed by atoms with van der Waals surface area (Å²) < 4.78 is 0. The maximum absolute atomic E-state index is 7.64. The van der Waals surface area contributed by atoms with Crippen molar-refractivity contribution in [3.8, 4) is 11.8 Å². The van der Waals surface area contributed by atoms with Crippen LogP contribution in [0.2, 0.25) is 0 Å². The summed E-state index contributed by atoms with van der Waals surface area (Å²) in [5, 5.41) is 10.9. The van der Waals surface area contributed by atoms with E-state index < -0.39 is 0 Å². The molecule has 0 radical (unpaired) electrons. The maximum atomic E-state index is 7.64. The van der Waals surface area contributed by atoms with Gasteiger partial charge in [0.25, 0.3) is 0 Å². The quantitative estimate of drug-likeness (QED) is 0.401. The first-order chi connectivity index (χ1) is 12.7. The number of nitrogens with one attached hydrogen (secondary N) is 2. The van der Waals surface area contributed by atoms with E-state index in [-0.39, 0.29) is 0 Å². The van der Waals surface area contributed by atoms with E-state index in [1.807, 2.05) is 55.6 Å². The standard InChI is InChI=1S/C23H25N3/c1-3-19(12-7-11-18-9-5-4-6-10-18)21(15-16-24)22-14-8-13-20(17-25)23(22)26-2/h4-6,8-10,13-17,25-26H,3,12,24H2,1-2H3/b16-15+,21-19+,25-17?. The summed E-state index contributed by atoms with van der Waals surface area (Å²) in [5.74, 6) is 6.50. The minimum atomic E-state index is 0.670. The number of nitrogens with two attached hydrogens (primary N) is 1. The van der Waals surface area contributed by atoms with Crippen LogP contribution in [0, 0.1) is 17.3 Å². The molecule has 0 fully saturated rings. The Kier molecular flexibility index (Phi) is 7.27. The molecule has 4 N–H and O–H groups in total. The van der Waals surface area contributed by atoms with Crippen LogP contribution >= 0.6 is 0 Å². The van der Waals surface area contributed by atoms with Crippen LogP contribution in [0.3, 0.4) is 0 Å². The first-order valence-corrected chi connectivity index (χ1v) is 8.71. The predicted molar refractivity (Wildman–Crippen MR) is 112 cm³/mol. The molecule has 0 spiro atoms. The molecular weight excluding hydrogens is 318 g/mol. The summed E-state index contributed by atoms with van der Waals surface area (Å²) in [5.41, 5.74) is 11.8. The highest BCUT2D eigenvalue weighted by molar-refractivity contribution is 5.94. The minimum Gasteiger partial charge on any atom is -0.405 e. The second-order valence-electron chi connectivity index (χ2n) is 5.74. The molecule has 132 valence electrons. The zero-order valence-corrected chi connectivity index (χ0v) is 15.3. The molecule has 3 heteroatoms. The highest BCUT2D eigenvalue weighted by atomic mass is 14.8. The Hall–Kier alpha value is -3.25. The Morgan fingerprint density at radius 3 is 2.54 bits per heavy atom. The highest BCUT2D eigenvalue weighted by Gasteiger charge is 2.11. The number of allylic oxidation sites excluding steroid dienone is 3. The number of hydrogen-bond acceptors (Lipinski definition) is 3. The molecule has 0 aliphatic heterocycles. The van der Waals surface area contributed by atoms with Crippen molar-refractivity contribution in [2.45, 2.75) is 19.8 Å². The van der Waals surface area contributed by atoms with Gasteiger partial charge in [0.15, 0.2) is 0 Å². The van der Waals surface area contributed by atoms with Gasteiger partial charge in [-0.2, -0.15) is 0 Å². The average molecular weight is 343 g/mol. The molecule has 0 saturated heterocycles. The van der Waals surface area contributed by atoms with E-state index in [1.54, 1.807) is 6.20 Å². The molecule has 2 aromatic rings. The number of para-hydroxylation sites is 1. The van der Waals surface area contributed by atoms with E-state index >= 15 is 0 Å². The zero-order chi connectivity index (χ0) is 18.8. The molecule has 26 heavy (non-hydrogen) atoms. The largest absolute Gasteiger partial charge is 0.405 e. The highest BCUT2D eigenvalue weighted by Crippen LogP contribution is 2.31. The zero-order valence-electron chi connectivity index (χ0n) is 15.3. The van der Waals surface area contributed by atoms with Crippen LogP contribution in [0.5, 0.6) is 0 Å². The Bertz CT molecular complexity index is 865. The maximum Gasteiger partial charge on any atom is 0.0506 e. The van der Waals surface area contributed by atoms with Gasteiger partial charge in [0.05, 0.1) is 5.69 Å². The first-order valence-electron chi connectivity index (χ1n) is 8.71. The normalized spacial score (nSPS) is 11.5. The van der Waals surface area contributed by atoms with Gasteiger partial charge in [-0.15, -0.1) is 0 Å². The molecule has 0 aliphatic rings. The van der Waals surface area contributed by atoms with Gasteiger partial charge in [0.2, 0.25) is 0 Å². The molecular formula is C23H25N3. The van der Waals surface area contributed by atoms with Crippen molar-refractivity contribution in [1.29, 1.82) is 5.41 Å². The fraction of sp³-hybridized carbons (Fsp3) is 0.174. The van der Waals surface area contributed by atoms with E-state index in [9.17, 15) is 0 Å². The van der Waals surface area contributed by atoms with Crippen LogP contribution in [0.25, 0.3) is 5.57 Å². The molecule has 0 aromatic heterocycles. The molecule has 2 aromatic carbocycles. The Morgan fingerprint density at radius 2 is 1.92 bits per heavy atom. The Labute approximate surface area is 156 Å². The van der Waals surface area contributed by atoms with Gasteiger partial charge in [-0.05, 0) is 36.4 Å². The van der Waals surface area contributed by atoms with E-state index in [1.165, 1.54) is 11.8 Å². The van der Waals surface area contributed by atoms with E-state index in [4.69, 9.17) is 11.1 Å². The van der Waals surface area contributed by atoms with Gasteiger partial charge in [-0.25, -0.2) is 0 Å². The molecule has 0 aliphatic carbocycles. The van der Waals surface area contributed by atoms with E-state index in [0.717, 1.165) is 34.4 Å². The second kappa shape index (κ2) is 9.90. The third kappa shape index (κ3) is 4.64. The van der Waals surface area contributed by atoms with E-state index in [0.29, 0.717) is 6.42 Å². The molecule has 0 saturated carbocycles. The van der Waals surface area contributed by atoms with Crippen LogP contribution in [0.1, 0.15) is 36.5 Å². The molecule has 0 bridgehead atoms. The van der Waals surface area contributed by atoms with Gasteiger partial charge < -0.3 is 16.5 Å². The minimum absolute atomic E-state index is 0.670. The van der Waals surface area contributed by atoms with Crippen LogP contribution in [-0.4, -0.2) is 13.3 Å². The van der Waals surface area contributed by atoms with Crippen molar-refractivity contribution in [2.24, 2.45) is 5.73 Å². The van der Waals surface area contributed by atoms with Gasteiger partial charge in [-0.3, -0.25) is 0 Å². The average Bonchev–Trinajstić information content (AvgIpc) is 2.70. The molecule has 0 atom stereocenters. The monoisotopic (exact) mass is 343 g/mol. The van der Waals surface area contributed by atoms with Gasteiger partial charge >= 0.3 is 0 Å². The number of hydrogen-bond donors (Lipinski definition) is 3. The third-order valence-electron chi connectivity index (χ3n) is 4.17. The van der Waals surface area contributed by atoms with E-state index in [2.05, 4.69) is 30.1 Å². The lowest BCUT2D eigenvalue weighted by atomic mass is 9.93. The van der Waals surface area contributed by atoms with Crippen molar-refractivity contribution >= 4 is 17.5 Å². The van der Waals surface area contributed by atoms with Crippen LogP contribution in [0.15, 0.2) is 66.4 Å². The lowest BCUT2D eigenvalue weighted by Gasteiger charge is -2.16.